The summed E-state index contributed by atoms with van der Waals surface area (Å²) in [6, 6.07) is 8.91. The number of aromatic hydroxyl groups is 1. The monoisotopic (exact) mass is 513 g/mol. The molecule has 0 aliphatic carbocycles. The molecule has 0 spiro atoms. The van der Waals surface area contributed by atoms with Crippen LogP contribution < -0.4 is 15.7 Å². The maximum absolute atomic E-state index is 13.3. The van der Waals surface area contributed by atoms with E-state index in [0.717, 1.165) is 17.7 Å². The summed E-state index contributed by atoms with van der Waals surface area (Å²) in [5.41, 5.74) is -1.27. The zero-order valence-corrected chi connectivity index (χ0v) is 22.6. The summed E-state index contributed by atoms with van der Waals surface area (Å²) in [5.74, 6) is 0.499. The lowest BCUT2D eigenvalue weighted by Crippen LogP contribution is -2.31. The lowest BCUT2D eigenvalue weighted by Gasteiger charge is -2.23. The molecule has 0 fully saturated rings. The highest BCUT2D eigenvalue weighted by atomic mass is 16.5. The van der Waals surface area contributed by atoms with Gasteiger partial charge in [0.2, 0.25) is 0 Å². The van der Waals surface area contributed by atoms with Gasteiger partial charge in [0.1, 0.15) is 22.8 Å². The minimum atomic E-state index is -0.965. The molecule has 1 heterocycles. The second-order valence-electron chi connectivity index (χ2n) is 10.3. The molecule has 0 aliphatic heterocycles. The third-order valence-electron chi connectivity index (χ3n) is 6.06. The van der Waals surface area contributed by atoms with Crippen molar-refractivity contribution >= 4 is 11.9 Å². The molecule has 1 atom stereocenters. The molecule has 0 saturated carbocycles. The number of rotatable bonds is 13. The summed E-state index contributed by atoms with van der Waals surface area (Å²) in [6.07, 6.45) is 5.14. The number of amides is 1. The van der Waals surface area contributed by atoms with Crippen molar-refractivity contribution in [1.29, 1.82) is 0 Å². The van der Waals surface area contributed by atoms with Crippen LogP contribution in [0.3, 0.4) is 0 Å². The van der Waals surface area contributed by atoms with Crippen molar-refractivity contribution in [3.8, 4) is 11.5 Å². The summed E-state index contributed by atoms with van der Waals surface area (Å²) in [5, 5.41) is 13.1. The Kier molecular flexibility index (Phi) is 11.0. The van der Waals surface area contributed by atoms with Crippen LogP contribution in [0.1, 0.15) is 81.5 Å². The fraction of sp³-hybridized carbons (Fsp3) is 0.483. The van der Waals surface area contributed by atoms with E-state index in [-0.39, 0.29) is 23.0 Å². The number of hydrogen-bond donors (Lipinski definition) is 2. The first-order chi connectivity index (χ1) is 17.4. The van der Waals surface area contributed by atoms with Crippen LogP contribution in [0.4, 0.5) is 4.79 Å². The molecule has 1 amide bonds. The zero-order valence-electron chi connectivity index (χ0n) is 22.6. The molecule has 1 aromatic carbocycles. The quantitative estimate of drug-likeness (QED) is 0.317. The molecule has 0 radical (unpaired) electrons. The van der Waals surface area contributed by atoms with E-state index in [1.807, 2.05) is 31.2 Å². The smallest absolute Gasteiger partial charge is 0.410 e. The van der Waals surface area contributed by atoms with Crippen LogP contribution in [0, 0.1) is 11.3 Å². The third-order valence-corrected chi connectivity index (χ3v) is 6.06. The number of Topliss-reactive ketones (excluding diaryl/α,β-unsaturated/α-hetero) is 1. The lowest BCUT2D eigenvalue weighted by molar-refractivity contribution is 0.0829. The number of methoxy groups -OCH3 is 1. The highest BCUT2D eigenvalue weighted by molar-refractivity contribution is 6.02. The number of benzene rings is 1. The minimum absolute atomic E-state index is 0.197. The first-order valence-corrected chi connectivity index (χ1v) is 12.6. The van der Waals surface area contributed by atoms with Crippen LogP contribution in [0.2, 0.25) is 0 Å². The SMILES string of the molecule is COC(=O)N/C=C/CCC(C)c1cc(O)c(C(=O)C(C)(C)Cc2cccc(OCCC(C)C)c2)c(=O)o1. The zero-order chi connectivity index (χ0) is 27.6. The number of ether oxygens (including phenoxy) is 2. The number of allylic oxidation sites excluding steroid dienone is 1. The maximum Gasteiger partial charge on any atom is 0.410 e. The van der Waals surface area contributed by atoms with Crippen molar-refractivity contribution in [3.63, 3.8) is 0 Å². The Morgan fingerprint density at radius 3 is 2.54 bits per heavy atom. The van der Waals surface area contributed by atoms with Gasteiger partial charge in [0.15, 0.2) is 5.78 Å². The number of alkyl carbamates (subject to hydrolysis) is 1. The summed E-state index contributed by atoms with van der Waals surface area (Å²) < 4.78 is 15.7. The second kappa shape index (κ2) is 13.7. The fourth-order valence-corrected chi connectivity index (χ4v) is 3.80. The molecule has 202 valence electrons. The van der Waals surface area contributed by atoms with Gasteiger partial charge in [0, 0.05) is 23.6 Å². The van der Waals surface area contributed by atoms with Gasteiger partial charge in [-0.25, -0.2) is 9.59 Å². The summed E-state index contributed by atoms with van der Waals surface area (Å²) in [7, 11) is 1.28. The van der Waals surface area contributed by atoms with Gasteiger partial charge in [-0.15, -0.1) is 0 Å². The Bertz CT molecular complexity index is 1150. The fourth-order valence-electron chi connectivity index (χ4n) is 3.80. The molecule has 1 unspecified atom stereocenters. The summed E-state index contributed by atoms with van der Waals surface area (Å²) >= 11 is 0. The number of carbonyl (C=O) groups is 2. The van der Waals surface area contributed by atoms with E-state index in [0.29, 0.717) is 31.8 Å². The van der Waals surface area contributed by atoms with Crippen LogP contribution in [0.25, 0.3) is 0 Å². The molecule has 0 saturated heterocycles. The first kappa shape index (κ1) is 29.7. The predicted octanol–water partition coefficient (Wildman–Crippen LogP) is 5.98. The Morgan fingerprint density at radius 2 is 1.89 bits per heavy atom. The highest BCUT2D eigenvalue weighted by Gasteiger charge is 2.34. The molecule has 37 heavy (non-hydrogen) atoms. The topological polar surface area (TPSA) is 115 Å². The predicted molar refractivity (Wildman–Crippen MR) is 142 cm³/mol. The average molecular weight is 514 g/mol. The molecular formula is C29H39NO7. The van der Waals surface area contributed by atoms with E-state index < -0.39 is 22.9 Å². The van der Waals surface area contributed by atoms with Crippen LogP contribution in [0.5, 0.6) is 11.5 Å². The van der Waals surface area contributed by atoms with Gasteiger partial charge in [-0.05, 0) is 49.3 Å². The van der Waals surface area contributed by atoms with E-state index in [1.165, 1.54) is 19.4 Å². The standard InChI is InChI=1S/C29H39NO7/c1-19(2)13-15-36-22-12-9-11-21(16-22)18-29(4,5)26(32)25-23(31)17-24(37-27(25)33)20(3)10-7-8-14-30-28(34)35-6/h8-9,11-12,14,16-17,19-20,31H,7,10,13,15,18H2,1-6H3,(H,30,34)/b14-8+. The molecular weight excluding hydrogens is 474 g/mol. The van der Waals surface area contributed by atoms with Gasteiger partial charge < -0.3 is 19.0 Å². The van der Waals surface area contributed by atoms with Crippen LogP contribution in [-0.4, -0.2) is 30.7 Å². The first-order valence-electron chi connectivity index (χ1n) is 12.6. The number of nitrogens with one attached hydrogen (secondary N) is 1. The average Bonchev–Trinajstić information content (AvgIpc) is 2.82. The van der Waals surface area contributed by atoms with E-state index in [4.69, 9.17) is 9.15 Å². The third kappa shape index (κ3) is 9.12. The van der Waals surface area contributed by atoms with Crippen molar-refractivity contribution in [3.05, 3.63) is 69.9 Å². The van der Waals surface area contributed by atoms with Crippen molar-refractivity contribution in [1.82, 2.24) is 5.32 Å². The summed E-state index contributed by atoms with van der Waals surface area (Å²) in [6.45, 7) is 10.2. The van der Waals surface area contributed by atoms with Crippen molar-refractivity contribution in [2.24, 2.45) is 11.3 Å². The van der Waals surface area contributed by atoms with Gasteiger partial charge in [0.05, 0.1) is 13.7 Å². The van der Waals surface area contributed by atoms with E-state index >= 15 is 0 Å². The Morgan fingerprint density at radius 1 is 1.16 bits per heavy atom. The summed E-state index contributed by atoms with van der Waals surface area (Å²) in [4.78, 5) is 37.2. The Hall–Kier alpha value is -3.55. The number of hydrogen-bond acceptors (Lipinski definition) is 7. The van der Waals surface area contributed by atoms with Gasteiger partial charge in [-0.3, -0.25) is 10.1 Å². The lowest BCUT2D eigenvalue weighted by atomic mass is 9.79. The van der Waals surface area contributed by atoms with Crippen LogP contribution in [-0.2, 0) is 11.2 Å². The van der Waals surface area contributed by atoms with E-state index in [2.05, 4.69) is 23.9 Å². The number of carbonyl (C=O) groups excluding carboxylic acids is 2. The molecule has 1 aromatic heterocycles. The molecule has 0 bridgehead atoms. The maximum atomic E-state index is 13.3. The van der Waals surface area contributed by atoms with E-state index in [9.17, 15) is 19.5 Å². The molecule has 8 heteroatoms. The molecule has 0 aliphatic rings. The van der Waals surface area contributed by atoms with Crippen molar-refractivity contribution < 1.29 is 28.6 Å². The van der Waals surface area contributed by atoms with Crippen LogP contribution in [0.15, 0.2) is 51.8 Å². The van der Waals surface area contributed by atoms with Gasteiger partial charge in [-0.1, -0.05) is 52.8 Å². The second-order valence-corrected chi connectivity index (χ2v) is 10.3. The van der Waals surface area contributed by atoms with Gasteiger partial charge in [0.25, 0.3) is 0 Å². The van der Waals surface area contributed by atoms with Crippen molar-refractivity contribution in [2.45, 2.75) is 66.2 Å². The van der Waals surface area contributed by atoms with Crippen molar-refractivity contribution in [2.75, 3.05) is 13.7 Å². The molecule has 2 aromatic rings. The highest BCUT2D eigenvalue weighted by Crippen LogP contribution is 2.32. The minimum Gasteiger partial charge on any atom is -0.507 e. The largest absolute Gasteiger partial charge is 0.507 e. The van der Waals surface area contributed by atoms with E-state index in [1.54, 1.807) is 19.9 Å². The number of ketones is 1. The van der Waals surface area contributed by atoms with Gasteiger partial charge in [-0.2, -0.15) is 0 Å². The molecule has 2 N–H and O–H groups in total. The Labute approximate surface area is 218 Å². The molecule has 2 rings (SSSR count). The normalized spacial score (nSPS) is 12.5. The Balaban J connectivity index is 2.10. The molecule has 8 nitrogen and oxygen atoms in total. The van der Waals surface area contributed by atoms with Gasteiger partial charge >= 0.3 is 11.7 Å². The van der Waals surface area contributed by atoms with Crippen LogP contribution >= 0.6 is 0 Å².